The van der Waals surface area contributed by atoms with Crippen LogP contribution in [0.5, 0.6) is 0 Å². The molecular formula is C29H41N7O2. The molecule has 2 fully saturated rings. The second kappa shape index (κ2) is 11.2. The number of rotatable bonds is 6. The molecular weight excluding hydrogens is 478 g/mol. The van der Waals surface area contributed by atoms with Crippen molar-refractivity contribution in [1.29, 1.82) is 0 Å². The summed E-state index contributed by atoms with van der Waals surface area (Å²) in [6, 6.07) is 4.48. The summed E-state index contributed by atoms with van der Waals surface area (Å²) in [5.74, 6) is 6.35. The summed E-state index contributed by atoms with van der Waals surface area (Å²) in [6.45, 7) is 12.8. The van der Waals surface area contributed by atoms with Crippen LogP contribution >= 0.6 is 0 Å². The van der Waals surface area contributed by atoms with Gasteiger partial charge < -0.3 is 20.4 Å². The van der Waals surface area contributed by atoms with Gasteiger partial charge in [0.05, 0.1) is 17.4 Å². The van der Waals surface area contributed by atoms with Gasteiger partial charge in [0.1, 0.15) is 0 Å². The van der Waals surface area contributed by atoms with Gasteiger partial charge in [0.15, 0.2) is 6.29 Å². The number of carbonyl (C=O) groups is 2. The van der Waals surface area contributed by atoms with E-state index in [-0.39, 0.29) is 17.9 Å². The van der Waals surface area contributed by atoms with E-state index in [1.54, 1.807) is 0 Å². The van der Waals surface area contributed by atoms with E-state index < -0.39 is 6.29 Å². The van der Waals surface area contributed by atoms with Crippen LogP contribution in [0.3, 0.4) is 0 Å². The molecule has 2 amide bonds. The quantitative estimate of drug-likeness (QED) is 0.230. The summed E-state index contributed by atoms with van der Waals surface area (Å²) in [5.41, 5.74) is 5.98. The maximum atomic E-state index is 13.6. The van der Waals surface area contributed by atoms with Crippen LogP contribution < -0.4 is 21.4 Å². The van der Waals surface area contributed by atoms with Gasteiger partial charge in [-0.3, -0.25) is 14.5 Å². The molecule has 5 rings (SSSR count). The Morgan fingerprint density at radius 3 is 2.66 bits per heavy atom. The number of benzene rings is 1. The molecule has 0 bridgehead atoms. The van der Waals surface area contributed by atoms with E-state index in [9.17, 15) is 9.59 Å². The van der Waals surface area contributed by atoms with Crippen molar-refractivity contribution in [2.24, 2.45) is 5.84 Å². The molecule has 1 aromatic carbocycles. The number of amides is 2. The van der Waals surface area contributed by atoms with Crippen molar-refractivity contribution in [3.8, 4) is 0 Å². The van der Waals surface area contributed by atoms with Gasteiger partial charge >= 0.3 is 0 Å². The van der Waals surface area contributed by atoms with Crippen LogP contribution in [0.25, 0.3) is 0 Å². The number of hydrazine groups is 1. The Bertz CT molecular complexity index is 1150. The lowest BCUT2D eigenvalue weighted by molar-refractivity contribution is -0.129. The van der Waals surface area contributed by atoms with Crippen molar-refractivity contribution in [1.82, 2.24) is 20.1 Å². The normalized spacial score (nSPS) is 23.6. The van der Waals surface area contributed by atoms with Gasteiger partial charge in [-0.15, -0.1) is 0 Å². The van der Waals surface area contributed by atoms with Crippen LogP contribution in [0.1, 0.15) is 50.2 Å². The molecule has 1 aromatic rings. The molecule has 0 aromatic heterocycles. The van der Waals surface area contributed by atoms with Crippen LogP contribution in [0.2, 0.25) is 0 Å². The van der Waals surface area contributed by atoms with Gasteiger partial charge in [-0.05, 0) is 88.4 Å². The van der Waals surface area contributed by atoms with Gasteiger partial charge in [-0.25, -0.2) is 10.9 Å². The Balaban J connectivity index is 1.49. The van der Waals surface area contributed by atoms with E-state index in [4.69, 9.17) is 5.84 Å². The average Bonchev–Trinajstić information content (AvgIpc) is 3.49. The number of allylic oxidation sites excluding steroid dienone is 1. The Morgan fingerprint density at radius 1 is 1.16 bits per heavy atom. The topological polar surface area (TPSA) is 97.2 Å². The molecule has 1 unspecified atom stereocenters. The van der Waals surface area contributed by atoms with Crippen LogP contribution in [0, 0.1) is 6.92 Å². The number of nitrogens with two attached hydrogens (primary N) is 1. The number of hydrogen-bond acceptors (Lipinski definition) is 7. The molecule has 0 saturated carbocycles. The fourth-order valence-electron chi connectivity index (χ4n) is 6.26. The number of likely N-dealkylation sites (tertiary alicyclic amines) is 2. The zero-order valence-electron chi connectivity index (χ0n) is 22.7. The third kappa shape index (κ3) is 5.31. The molecule has 204 valence electrons. The van der Waals surface area contributed by atoms with Crippen molar-refractivity contribution < 1.29 is 9.59 Å². The Hall–Kier alpha value is -3.30. The van der Waals surface area contributed by atoms with Gasteiger partial charge in [0.2, 0.25) is 5.91 Å². The number of nitrogens with one attached hydrogen (secondary N) is 2. The van der Waals surface area contributed by atoms with E-state index in [1.165, 1.54) is 29.5 Å². The minimum absolute atomic E-state index is 0.00131. The number of anilines is 2. The number of dihydropyridines is 1. The highest BCUT2D eigenvalue weighted by atomic mass is 16.2. The number of hydrogen-bond donors (Lipinski definition) is 3. The van der Waals surface area contributed by atoms with Gasteiger partial charge in [-0.1, -0.05) is 18.7 Å². The third-order valence-corrected chi connectivity index (χ3v) is 8.12. The Morgan fingerprint density at radius 2 is 1.92 bits per heavy atom. The fourth-order valence-corrected chi connectivity index (χ4v) is 6.26. The van der Waals surface area contributed by atoms with Crippen molar-refractivity contribution >= 4 is 23.2 Å². The van der Waals surface area contributed by atoms with Crippen LogP contribution in [-0.2, 0) is 16.1 Å². The first-order valence-corrected chi connectivity index (χ1v) is 13.9. The van der Waals surface area contributed by atoms with E-state index in [2.05, 4.69) is 46.1 Å². The van der Waals surface area contributed by atoms with E-state index in [0.29, 0.717) is 25.2 Å². The summed E-state index contributed by atoms with van der Waals surface area (Å²) in [6.07, 6.45) is 9.89. The third-order valence-electron chi connectivity index (χ3n) is 8.12. The molecule has 0 aliphatic carbocycles. The highest BCUT2D eigenvalue weighted by molar-refractivity contribution is 5.97. The molecule has 2 saturated heterocycles. The molecule has 2 atom stereocenters. The van der Waals surface area contributed by atoms with Gasteiger partial charge in [-0.2, -0.15) is 0 Å². The minimum Gasteiger partial charge on any atom is -0.385 e. The first kappa shape index (κ1) is 26.3. The van der Waals surface area contributed by atoms with Crippen molar-refractivity contribution in [3.05, 3.63) is 59.3 Å². The lowest BCUT2D eigenvalue weighted by Crippen LogP contribution is -2.60. The van der Waals surface area contributed by atoms with Crippen LogP contribution in [-0.4, -0.2) is 71.7 Å². The second-order valence-corrected chi connectivity index (χ2v) is 10.9. The van der Waals surface area contributed by atoms with E-state index in [1.807, 2.05) is 24.0 Å². The number of carbonyl (C=O) groups excluding carboxylic acids is 2. The zero-order valence-corrected chi connectivity index (χ0v) is 22.7. The average molecular weight is 520 g/mol. The van der Waals surface area contributed by atoms with E-state index in [0.717, 1.165) is 61.5 Å². The maximum Gasteiger partial charge on any atom is 0.270 e. The van der Waals surface area contributed by atoms with Crippen molar-refractivity contribution in [3.63, 3.8) is 0 Å². The summed E-state index contributed by atoms with van der Waals surface area (Å²) in [4.78, 5) is 32.8. The second-order valence-electron chi connectivity index (χ2n) is 10.9. The highest BCUT2D eigenvalue weighted by Gasteiger charge is 2.41. The molecule has 38 heavy (non-hydrogen) atoms. The number of nitrogens with zero attached hydrogens (tertiary/aromatic N) is 4. The van der Waals surface area contributed by atoms with Crippen molar-refractivity contribution in [2.75, 3.05) is 42.9 Å². The van der Waals surface area contributed by atoms with Gasteiger partial charge in [0, 0.05) is 37.4 Å². The Kier molecular flexibility index (Phi) is 7.76. The lowest BCUT2D eigenvalue weighted by Gasteiger charge is -2.40. The largest absolute Gasteiger partial charge is 0.385 e. The highest BCUT2D eigenvalue weighted by Crippen LogP contribution is 2.42. The van der Waals surface area contributed by atoms with Crippen LogP contribution in [0.4, 0.5) is 11.4 Å². The molecule has 4 aliphatic heterocycles. The van der Waals surface area contributed by atoms with E-state index >= 15 is 0 Å². The molecule has 9 heteroatoms. The number of fused-ring (bicyclic) bond motifs is 1. The molecule has 0 spiro atoms. The minimum atomic E-state index is -0.563. The monoisotopic (exact) mass is 519 g/mol. The predicted octanol–water partition coefficient (Wildman–Crippen LogP) is 2.81. The Labute approximate surface area is 226 Å². The molecule has 0 radical (unpaired) electrons. The summed E-state index contributed by atoms with van der Waals surface area (Å²) in [5, 5.41) is 8.14. The zero-order chi connectivity index (χ0) is 26.8. The summed E-state index contributed by atoms with van der Waals surface area (Å²) >= 11 is 0. The molecule has 4 N–H and O–H groups in total. The summed E-state index contributed by atoms with van der Waals surface area (Å²) < 4.78 is 0. The fraction of sp³-hybridized carbons (Fsp3) is 0.517. The van der Waals surface area contributed by atoms with Crippen LogP contribution in [0.15, 0.2) is 48.2 Å². The van der Waals surface area contributed by atoms with Gasteiger partial charge in [0.25, 0.3) is 5.91 Å². The molecule has 9 nitrogen and oxygen atoms in total. The SMILES string of the molecule is C=CC(=O)N1CCCC[C@@H](N2c3c(C)cc(CN4CCCC4)cc3NC2N(N)C(=O)C2=CCNC(C)=C2)C1. The molecule has 4 aliphatic rings. The first-order chi connectivity index (χ1) is 18.4. The van der Waals surface area contributed by atoms with Crippen molar-refractivity contribution in [2.45, 2.75) is 64.8 Å². The first-order valence-electron chi connectivity index (χ1n) is 13.9. The lowest BCUT2D eigenvalue weighted by atomic mass is 10.0. The molecule has 4 heterocycles. The maximum absolute atomic E-state index is 13.6. The number of aryl methyl sites for hydroxylation is 1. The summed E-state index contributed by atoms with van der Waals surface area (Å²) in [7, 11) is 0. The smallest absolute Gasteiger partial charge is 0.270 e. The predicted molar refractivity (Wildman–Crippen MR) is 151 cm³/mol. The standard InChI is InChI=1S/C29H41N7O2/c1-4-26(37)34-14-6-5-9-24(19-34)35-27-20(2)15-22(18-33-12-7-8-13-33)17-25(27)32-29(35)36(30)28(38)23-10-11-31-21(3)16-23/h4,10,15-17,24,29,31-32H,1,5-9,11-14,18-19,30H2,2-3H3/t24-,29?/m1/s1.